The van der Waals surface area contributed by atoms with E-state index in [0.717, 1.165) is 119 Å². The molecule has 12 aromatic rings. The van der Waals surface area contributed by atoms with Crippen molar-refractivity contribution in [3.8, 4) is 31.3 Å². The Morgan fingerprint density at radius 1 is 0.318 bits per heavy atom. The van der Waals surface area contributed by atoms with Gasteiger partial charge < -0.3 is 4.90 Å². The van der Waals surface area contributed by atoms with Crippen molar-refractivity contribution in [1.29, 1.82) is 0 Å². The second kappa shape index (κ2) is 28.4. The van der Waals surface area contributed by atoms with E-state index in [0.29, 0.717) is 0 Å². The van der Waals surface area contributed by atoms with Crippen molar-refractivity contribution in [2.75, 3.05) is 4.90 Å². The van der Waals surface area contributed by atoms with Crippen LogP contribution in [0.15, 0.2) is 144 Å². The van der Waals surface area contributed by atoms with Crippen LogP contribution < -0.4 is 4.90 Å². The zero-order valence-corrected chi connectivity index (χ0v) is 53.4. The van der Waals surface area contributed by atoms with Crippen LogP contribution in [0, 0.1) is 0 Å². The Morgan fingerprint density at radius 3 is 0.906 bits per heavy atom. The standard InChI is InChI=1S/C72H69N7S6/c1-4-7-10-13-16-52-43-64(80-46-52)61-40-31-55(67-70(61)76-83-73-67)28-19-49-22-34-58(35-23-49)79(59-36-24-50(25-37-59)20-29-56-32-41-62(71-68(56)74-84-77-71)65-44-53(47-81-65)17-14-11-8-5-2)60-38-26-51(27-39-60)21-30-57-33-42-63(72-69(57)75-85-78-72)66-45-54(48-82-66)18-15-12-9-6-3/h19-48H,4-18H2,1-3H3/b28-19+,29-20+,30-21+. The van der Waals surface area contributed by atoms with Crippen molar-refractivity contribution in [1.82, 2.24) is 26.2 Å². The molecule has 0 saturated carbocycles. The van der Waals surface area contributed by atoms with E-state index in [-0.39, 0.29) is 0 Å². The van der Waals surface area contributed by atoms with Crippen molar-refractivity contribution in [3.05, 3.63) is 194 Å². The number of unbranched alkanes of at least 4 members (excludes halogenated alkanes) is 9. The van der Waals surface area contributed by atoms with Crippen LogP contribution in [-0.2, 0) is 19.3 Å². The first-order valence-corrected chi connectivity index (χ1v) is 35.0. The van der Waals surface area contributed by atoms with Gasteiger partial charge in [0, 0.05) is 65.1 Å². The third kappa shape index (κ3) is 13.9. The first-order chi connectivity index (χ1) is 42.0. The molecular weight excluding hydrogens is 1160 g/mol. The Kier molecular flexibility index (Phi) is 19.5. The normalized spacial score (nSPS) is 12.0. The monoisotopic (exact) mass is 1220 g/mol. The zero-order valence-electron chi connectivity index (χ0n) is 48.5. The second-order valence-corrected chi connectivity index (χ2v) is 26.3. The molecule has 0 radical (unpaired) electrons. The summed E-state index contributed by atoms with van der Waals surface area (Å²) >= 11 is 9.29. The molecule has 428 valence electrons. The number of hydrogen-bond donors (Lipinski definition) is 0. The summed E-state index contributed by atoms with van der Waals surface area (Å²) in [6.45, 7) is 6.80. The van der Waals surface area contributed by atoms with E-state index >= 15 is 0 Å². The number of nitrogens with zero attached hydrogens (tertiary/aromatic N) is 7. The average Bonchev–Trinajstić information content (AvgIpc) is 4.28. The summed E-state index contributed by atoms with van der Waals surface area (Å²) in [7, 11) is 0. The predicted molar refractivity (Wildman–Crippen MR) is 374 cm³/mol. The average molecular weight is 1220 g/mol. The lowest BCUT2D eigenvalue weighted by Crippen LogP contribution is -2.09. The lowest BCUT2D eigenvalue weighted by Gasteiger charge is -2.26. The SMILES string of the molecule is CCCCCCc1csc(-c2ccc(/C=C/c3ccc(N(c4ccc(/C=C/c5ccc(-c6cc(CCCCCC)cs6)c6nsnc56)cc4)c4ccc(/C=C/c5ccc(-c6cc(CCCCCC)cs6)c6nsnc56)cc4)cc3)c3nsnc23)c1. The molecule has 13 heteroatoms. The lowest BCUT2D eigenvalue weighted by molar-refractivity contribution is 0.667. The van der Waals surface area contributed by atoms with Crippen molar-refractivity contribution >= 4 is 156 Å². The molecule has 0 aliphatic rings. The summed E-state index contributed by atoms with van der Waals surface area (Å²) in [6, 6.07) is 46.7. The maximum atomic E-state index is 4.80. The van der Waals surface area contributed by atoms with E-state index in [2.05, 4.69) is 206 Å². The van der Waals surface area contributed by atoms with Crippen LogP contribution in [0.2, 0.25) is 0 Å². The molecule has 0 spiro atoms. The first kappa shape index (κ1) is 58.3. The molecule has 0 aliphatic carbocycles. The Morgan fingerprint density at radius 2 is 0.612 bits per heavy atom. The van der Waals surface area contributed by atoms with Crippen LogP contribution >= 0.6 is 69.2 Å². The fourth-order valence-corrected chi connectivity index (χ4v) is 15.7. The van der Waals surface area contributed by atoms with Crippen molar-refractivity contribution in [3.63, 3.8) is 0 Å². The van der Waals surface area contributed by atoms with Crippen molar-refractivity contribution in [2.45, 2.75) is 117 Å². The van der Waals surface area contributed by atoms with Gasteiger partial charge in [0.2, 0.25) is 0 Å². The summed E-state index contributed by atoms with van der Waals surface area (Å²) in [4.78, 5) is 6.11. The molecule has 6 heterocycles. The number of hydrogen-bond acceptors (Lipinski definition) is 13. The summed E-state index contributed by atoms with van der Waals surface area (Å²) in [5, 5.41) is 6.95. The molecule has 7 nitrogen and oxygen atoms in total. The lowest BCUT2D eigenvalue weighted by atomic mass is 10.0. The molecule has 0 amide bonds. The van der Waals surface area contributed by atoms with Crippen LogP contribution in [0.1, 0.15) is 148 Å². The molecule has 6 aromatic heterocycles. The largest absolute Gasteiger partial charge is 0.311 e. The Hall–Kier alpha value is -7.10. The molecule has 0 aliphatic heterocycles. The van der Waals surface area contributed by atoms with Crippen molar-refractivity contribution < 1.29 is 0 Å². The number of thiophene rings is 3. The van der Waals surface area contributed by atoms with Gasteiger partial charge in [0.25, 0.3) is 0 Å². The van der Waals surface area contributed by atoms with Crippen LogP contribution in [0.25, 0.3) is 101 Å². The van der Waals surface area contributed by atoms with E-state index in [9.17, 15) is 0 Å². The zero-order chi connectivity index (χ0) is 57.7. The first-order valence-electron chi connectivity index (χ1n) is 30.1. The van der Waals surface area contributed by atoms with E-state index in [4.69, 9.17) is 26.2 Å². The predicted octanol–water partition coefficient (Wildman–Crippen LogP) is 23.2. The number of anilines is 3. The summed E-state index contributed by atoms with van der Waals surface area (Å²) in [6.07, 6.45) is 31.7. The molecule has 85 heavy (non-hydrogen) atoms. The molecule has 0 unspecified atom stereocenters. The highest BCUT2D eigenvalue weighted by atomic mass is 32.1. The van der Waals surface area contributed by atoms with E-state index < -0.39 is 0 Å². The highest BCUT2D eigenvalue weighted by Crippen LogP contribution is 2.40. The topological polar surface area (TPSA) is 80.6 Å². The minimum Gasteiger partial charge on any atom is -0.311 e. The van der Waals surface area contributed by atoms with E-state index in [1.165, 1.54) is 144 Å². The molecule has 6 aromatic carbocycles. The van der Waals surface area contributed by atoms with Gasteiger partial charge in [-0.15, -0.1) is 34.0 Å². The van der Waals surface area contributed by atoms with Crippen LogP contribution in [0.3, 0.4) is 0 Å². The fraction of sp³-hybridized carbons (Fsp3) is 0.250. The third-order valence-corrected chi connectivity index (χ3v) is 20.5. The number of aryl methyl sites for hydroxylation is 3. The Balaban J connectivity index is 0.790. The highest BCUT2D eigenvalue weighted by Gasteiger charge is 2.18. The molecule has 0 saturated heterocycles. The second-order valence-electron chi connectivity index (χ2n) is 22.0. The molecule has 12 rings (SSSR count). The van der Waals surface area contributed by atoms with Crippen molar-refractivity contribution in [2.24, 2.45) is 0 Å². The minimum absolute atomic E-state index is 0.945. The van der Waals surface area contributed by atoms with Gasteiger partial charge in [-0.1, -0.05) is 188 Å². The van der Waals surface area contributed by atoms with Crippen LogP contribution in [0.5, 0.6) is 0 Å². The molecular formula is C72H69N7S6. The van der Waals surface area contributed by atoms with Crippen LogP contribution in [-0.4, -0.2) is 26.2 Å². The van der Waals surface area contributed by atoms with Gasteiger partial charge in [0.1, 0.15) is 33.1 Å². The van der Waals surface area contributed by atoms with Gasteiger partial charge in [-0.2, -0.15) is 26.2 Å². The van der Waals surface area contributed by atoms with Gasteiger partial charge in [-0.25, -0.2) is 0 Å². The molecule has 0 fully saturated rings. The maximum absolute atomic E-state index is 4.80. The van der Waals surface area contributed by atoms with Gasteiger partial charge in [0.05, 0.1) is 35.2 Å². The third-order valence-electron chi connectivity index (χ3n) is 15.9. The summed E-state index contributed by atoms with van der Waals surface area (Å²) < 4.78 is 28.8. The smallest absolute Gasteiger partial charge is 0.114 e. The Bertz CT molecular complexity index is 3790. The summed E-state index contributed by atoms with van der Waals surface area (Å²) in [5.74, 6) is 0. The van der Waals surface area contributed by atoms with Gasteiger partial charge in [-0.3, -0.25) is 0 Å². The highest BCUT2D eigenvalue weighted by molar-refractivity contribution is 7.14. The summed E-state index contributed by atoms with van der Waals surface area (Å²) in [5.41, 5.74) is 23.1. The maximum Gasteiger partial charge on any atom is 0.114 e. The van der Waals surface area contributed by atoms with Gasteiger partial charge in [0.15, 0.2) is 0 Å². The quantitative estimate of drug-likeness (QED) is 0.0375. The number of aromatic nitrogens is 6. The number of fused-ring (bicyclic) bond motifs is 3. The minimum atomic E-state index is 0.945. The number of benzene rings is 6. The molecule has 0 N–H and O–H groups in total. The molecule has 0 atom stereocenters. The van der Waals surface area contributed by atoms with Gasteiger partial charge >= 0.3 is 0 Å². The fourth-order valence-electron chi connectivity index (χ4n) is 11.1. The Labute approximate surface area is 524 Å². The van der Waals surface area contributed by atoms with E-state index in [1.54, 1.807) is 0 Å². The number of rotatable bonds is 27. The van der Waals surface area contributed by atoms with Gasteiger partial charge in [-0.05, 0) is 143 Å². The van der Waals surface area contributed by atoms with E-state index in [1.807, 2.05) is 34.0 Å². The van der Waals surface area contributed by atoms with Crippen LogP contribution in [0.4, 0.5) is 17.1 Å². The molecule has 0 bridgehead atoms.